The van der Waals surface area contributed by atoms with Crippen LogP contribution in [0, 0.1) is 0 Å². The summed E-state index contributed by atoms with van der Waals surface area (Å²) < 4.78 is 16.7. The summed E-state index contributed by atoms with van der Waals surface area (Å²) in [5, 5.41) is 0. The Kier molecular flexibility index (Phi) is 44.9. The quantitative estimate of drug-likeness (QED) is 0.0264. The highest BCUT2D eigenvalue weighted by Gasteiger charge is 2.19. The van der Waals surface area contributed by atoms with Gasteiger partial charge in [0.2, 0.25) is 0 Å². The van der Waals surface area contributed by atoms with Crippen LogP contribution >= 0.6 is 0 Å². The van der Waals surface area contributed by atoms with E-state index in [1.807, 2.05) is 0 Å². The molecule has 1 atom stereocenters. The van der Waals surface area contributed by atoms with Gasteiger partial charge in [-0.3, -0.25) is 14.4 Å². The van der Waals surface area contributed by atoms with Gasteiger partial charge in [-0.1, -0.05) is 218 Å². The predicted molar refractivity (Wildman–Crippen MR) is 243 cm³/mol. The second kappa shape index (κ2) is 46.6. The maximum atomic E-state index is 12.6. The number of hydrogen-bond donors (Lipinski definition) is 0. The first-order valence-electron chi connectivity index (χ1n) is 24.8. The van der Waals surface area contributed by atoms with Crippen molar-refractivity contribution >= 4 is 17.9 Å². The fourth-order valence-electron chi connectivity index (χ4n) is 7.18. The van der Waals surface area contributed by atoms with E-state index in [2.05, 4.69) is 45.1 Å². The van der Waals surface area contributed by atoms with Crippen molar-refractivity contribution in [3.8, 4) is 0 Å². The zero-order valence-electron chi connectivity index (χ0n) is 38.1. The minimum Gasteiger partial charge on any atom is -0.462 e. The lowest BCUT2D eigenvalue weighted by atomic mass is 10.0. The van der Waals surface area contributed by atoms with Crippen molar-refractivity contribution in [1.29, 1.82) is 0 Å². The molecule has 0 aliphatic carbocycles. The van der Waals surface area contributed by atoms with Crippen LogP contribution in [0.4, 0.5) is 0 Å². The van der Waals surface area contributed by atoms with Crippen molar-refractivity contribution in [3.63, 3.8) is 0 Å². The number of ether oxygens (including phenoxy) is 3. The van der Waals surface area contributed by atoms with Gasteiger partial charge in [-0.15, -0.1) is 0 Å². The molecular formula is C51H94O6. The van der Waals surface area contributed by atoms with Gasteiger partial charge in [0.1, 0.15) is 13.2 Å². The molecule has 6 nitrogen and oxygen atoms in total. The van der Waals surface area contributed by atoms with Crippen LogP contribution in [0.5, 0.6) is 0 Å². The van der Waals surface area contributed by atoms with E-state index < -0.39 is 6.10 Å². The molecule has 0 radical (unpaired) electrons. The molecule has 0 saturated heterocycles. The van der Waals surface area contributed by atoms with Crippen molar-refractivity contribution in [3.05, 3.63) is 24.3 Å². The molecule has 0 bridgehead atoms. The zero-order valence-corrected chi connectivity index (χ0v) is 38.1. The molecule has 0 aliphatic heterocycles. The molecule has 6 heteroatoms. The third-order valence-corrected chi connectivity index (χ3v) is 11.0. The number of rotatable bonds is 45. The van der Waals surface area contributed by atoms with Gasteiger partial charge >= 0.3 is 17.9 Å². The van der Waals surface area contributed by atoms with E-state index >= 15 is 0 Å². The predicted octanol–water partition coefficient (Wildman–Crippen LogP) is 16.0. The maximum Gasteiger partial charge on any atom is 0.306 e. The van der Waals surface area contributed by atoms with E-state index in [1.54, 1.807) is 0 Å². The number of esters is 3. The third-order valence-electron chi connectivity index (χ3n) is 11.0. The average Bonchev–Trinajstić information content (AvgIpc) is 3.21. The normalized spacial score (nSPS) is 12.1. The molecular weight excluding hydrogens is 709 g/mol. The Morgan fingerprint density at radius 2 is 0.632 bits per heavy atom. The van der Waals surface area contributed by atoms with E-state index in [-0.39, 0.29) is 31.1 Å². The maximum absolute atomic E-state index is 12.6. The summed E-state index contributed by atoms with van der Waals surface area (Å²) in [5.74, 6) is -0.872. The second-order valence-corrected chi connectivity index (χ2v) is 16.7. The number of carbonyl (C=O) groups excluding carboxylic acids is 3. The molecule has 1 unspecified atom stereocenters. The monoisotopic (exact) mass is 803 g/mol. The Balaban J connectivity index is 4.09. The number of allylic oxidation sites excluding steroid dienone is 4. The number of unbranched alkanes of at least 4 members (excludes halogenated alkanes) is 30. The molecule has 0 aromatic rings. The summed E-state index contributed by atoms with van der Waals surface area (Å²) in [6, 6.07) is 0. The lowest BCUT2D eigenvalue weighted by molar-refractivity contribution is -0.167. The zero-order chi connectivity index (χ0) is 41.5. The van der Waals surface area contributed by atoms with Gasteiger partial charge in [-0.25, -0.2) is 0 Å². The summed E-state index contributed by atoms with van der Waals surface area (Å²) >= 11 is 0. The lowest BCUT2D eigenvalue weighted by Gasteiger charge is -2.18. The molecule has 0 spiro atoms. The Hall–Kier alpha value is -2.11. The van der Waals surface area contributed by atoms with E-state index in [4.69, 9.17) is 14.2 Å². The van der Waals surface area contributed by atoms with Crippen molar-refractivity contribution < 1.29 is 28.6 Å². The van der Waals surface area contributed by atoms with Crippen molar-refractivity contribution in [2.24, 2.45) is 0 Å². The molecule has 0 N–H and O–H groups in total. The molecule has 0 amide bonds. The van der Waals surface area contributed by atoms with Crippen molar-refractivity contribution in [1.82, 2.24) is 0 Å². The minimum atomic E-state index is -0.762. The van der Waals surface area contributed by atoms with Gasteiger partial charge in [-0.05, 0) is 51.4 Å². The molecule has 0 aromatic heterocycles. The van der Waals surface area contributed by atoms with Gasteiger partial charge in [0.05, 0.1) is 0 Å². The van der Waals surface area contributed by atoms with Gasteiger partial charge in [-0.2, -0.15) is 0 Å². The highest BCUT2D eigenvalue weighted by atomic mass is 16.6. The van der Waals surface area contributed by atoms with Gasteiger partial charge in [0.15, 0.2) is 6.10 Å². The Morgan fingerprint density at radius 3 is 0.965 bits per heavy atom. The van der Waals surface area contributed by atoms with Crippen LogP contribution in [0.3, 0.4) is 0 Å². The molecule has 0 aromatic carbocycles. The lowest BCUT2D eigenvalue weighted by Crippen LogP contribution is -2.30. The van der Waals surface area contributed by atoms with Gasteiger partial charge in [0, 0.05) is 19.3 Å². The third kappa shape index (κ3) is 44.8. The molecule has 0 aliphatic rings. The van der Waals surface area contributed by atoms with E-state index in [0.29, 0.717) is 19.3 Å². The summed E-state index contributed by atoms with van der Waals surface area (Å²) in [5.41, 5.74) is 0. The Bertz CT molecular complexity index is 927. The molecule has 0 saturated carbocycles. The van der Waals surface area contributed by atoms with Crippen LogP contribution in [0.25, 0.3) is 0 Å². The largest absolute Gasteiger partial charge is 0.462 e. The van der Waals surface area contributed by atoms with Gasteiger partial charge < -0.3 is 14.2 Å². The van der Waals surface area contributed by atoms with E-state index in [0.717, 1.165) is 64.2 Å². The second-order valence-electron chi connectivity index (χ2n) is 16.7. The van der Waals surface area contributed by atoms with E-state index in [1.165, 1.54) is 161 Å². The fraction of sp³-hybridized carbons (Fsp3) is 0.863. The highest BCUT2D eigenvalue weighted by Crippen LogP contribution is 2.15. The topological polar surface area (TPSA) is 78.9 Å². The van der Waals surface area contributed by atoms with Crippen LogP contribution in [0.1, 0.15) is 265 Å². The summed E-state index contributed by atoms with van der Waals surface area (Å²) in [6.45, 7) is 6.58. The molecule has 0 rings (SSSR count). The van der Waals surface area contributed by atoms with Crippen LogP contribution in [0.15, 0.2) is 24.3 Å². The highest BCUT2D eigenvalue weighted by molar-refractivity contribution is 5.71. The molecule has 0 heterocycles. The van der Waals surface area contributed by atoms with Gasteiger partial charge in [0.25, 0.3) is 0 Å². The Labute approximate surface area is 353 Å². The number of carbonyl (C=O) groups is 3. The standard InChI is InChI=1S/C51H94O6/c1-4-7-10-13-16-18-19-20-21-22-23-24-25-26-27-28-29-30-31-33-35-38-41-44-50(53)56-47-48(46-55-49(52)43-40-37-34-15-12-9-6-3)57-51(54)45-42-39-36-32-17-14-11-8-5-2/h19-20,22-23,48H,4-18,21,24-47H2,1-3H3/b20-19-,23-22-. The summed E-state index contributed by atoms with van der Waals surface area (Å²) in [7, 11) is 0. The Morgan fingerprint density at radius 1 is 0.351 bits per heavy atom. The fourth-order valence-corrected chi connectivity index (χ4v) is 7.18. The van der Waals surface area contributed by atoms with Crippen molar-refractivity contribution in [2.45, 2.75) is 271 Å². The van der Waals surface area contributed by atoms with Crippen LogP contribution in [-0.2, 0) is 28.6 Å². The number of hydrogen-bond acceptors (Lipinski definition) is 6. The first kappa shape index (κ1) is 54.9. The van der Waals surface area contributed by atoms with E-state index in [9.17, 15) is 14.4 Å². The first-order valence-corrected chi connectivity index (χ1v) is 24.8. The first-order chi connectivity index (χ1) is 28.0. The molecule has 334 valence electrons. The smallest absolute Gasteiger partial charge is 0.306 e. The SMILES string of the molecule is CCCCCCC/C=C\C/C=C\CCCCCCCCCCCCCC(=O)OCC(COC(=O)CCCCCCCCC)OC(=O)CCCCCCCCCCC. The van der Waals surface area contributed by atoms with Crippen LogP contribution in [0.2, 0.25) is 0 Å². The molecule has 0 fully saturated rings. The van der Waals surface area contributed by atoms with Crippen LogP contribution < -0.4 is 0 Å². The van der Waals surface area contributed by atoms with Crippen LogP contribution in [-0.4, -0.2) is 37.2 Å². The summed E-state index contributed by atoms with van der Waals surface area (Å²) in [6.07, 6.45) is 51.9. The summed E-state index contributed by atoms with van der Waals surface area (Å²) in [4.78, 5) is 37.6. The van der Waals surface area contributed by atoms with Crippen molar-refractivity contribution in [2.75, 3.05) is 13.2 Å². The molecule has 57 heavy (non-hydrogen) atoms. The average molecular weight is 803 g/mol. The minimum absolute atomic E-state index is 0.0685.